The van der Waals surface area contributed by atoms with Gasteiger partial charge in [0.2, 0.25) is 0 Å². The molecule has 0 bridgehead atoms. The van der Waals surface area contributed by atoms with E-state index in [0.29, 0.717) is 0 Å². The number of nitrogens with one attached hydrogen (secondary N) is 1. The summed E-state index contributed by atoms with van der Waals surface area (Å²) < 4.78 is 0. The fraction of sp³-hybridized carbons (Fsp3) is 0.733. The van der Waals surface area contributed by atoms with E-state index in [9.17, 15) is 0 Å². The van der Waals surface area contributed by atoms with Gasteiger partial charge in [-0.2, -0.15) is 11.3 Å². The highest BCUT2D eigenvalue weighted by molar-refractivity contribution is 7.07. The van der Waals surface area contributed by atoms with Crippen LogP contribution in [-0.2, 0) is 6.42 Å². The third kappa shape index (κ3) is 6.23. The van der Waals surface area contributed by atoms with Crippen LogP contribution in [0.2, 0.25) is 0 Å². The lowest BCUT2D eigenvalue weighted by molar-refractivity contribution is 0.299. The number of rotatable bonds is 6. The molecule has 1 N–H and O–H groups in total. The largest absolute Gasteiger partial charge is 0.312 e. The summed E-state index contributed by atoms with van der Waals surface area (Å²) in [6, 6.07) is 2.25. The molecule has 1 atom stereocenters. The van der Waals surface area contributed by atoms with E-state index in [1.54, 1.807) is 11.3 Å². The molecule has 1 aromatic rings. The van der Waals surface area contributed by atoms with Crippen LogP contribution in [-0.4, -0.2) is 12.1 Å². The second-order valence-corrected chi connectivity index (χ2v) is 7.09. The van der Waals surface area contributed by atoms with E-state index in [1.807, 2.05) is 0 Å². The predicted molar refractivity (Wildman–Crippen MR) is 78.7 cm³/mol. The lowest BCUT2D eigenvalue weighted by atomic mass is 9.89. The first-order chi connectivity index (χ1) is 7.88. The van der Waals surface area contributed by atoms with Crippen molar-refractivity contribution in [2.24, 2.45) is 11.8 Å². The Hall–Kier alpha value is -0.340. The average Bonchev–Trinajstić information content (AvgIpc) is 2.68. The van der Waals surface area contributed by atoms with E-state index in [2.05, 4.69) is 56.8 Å². The van der Waals surface area contributed by atoms with Gasteiger partial charge in [0.15, 0.2) is 0 Å². The summed E-state index contributed by atoms with van der Waals surface area (Å²) in [5, 5.41) is 8.08. The molecule has 17 heavy (non-hydrogen) atoms. The molecular formula is C15H27NS. The molecule has 98 valence electrons. The van der Waals surface area contributed by atoms with Crippen LogP contribution in [0.4, 0.5) is 0 Å². The number of hydrogen-bond donors (Lipinski definition) is 1. The van der Waals surface area contributed by atoms with Crippen LogP contribution in [0, 0.1) is 11.8 Å². The Bertz CT molecular complexity index is 295. The first kappa shape index (κ1) is 14.7. The van der Waals surface area contributed by atoms with Gasteiger partial charge in [0, 0.05) is 5.54 Å². The van der Waals surface area contributed by atoms with Crippen molar-refractivity contribution in [3.8, 4) is 0 Å². The highest BCUT2D eigenvalue weighted by atomic mass is 32.1. The van der Waals surface area contributed by atoms with E-state index >= 15 is 0 Å². The van der Waals surface area contributed by atoms with Gasteiger partial charge in [0.05, 0.1) is 0 Å². The summed E-state index contributed by atoms with van der Waals surface area (Å²) in [6.07, 6.45) is 2.51. The minimum atomic E-state index is 0.232. The molecule has 0 spiro atoms. The van der Waals surface area contributed by atoms with Crippen molar-refractivity contribution >= 4 is 11.3 Å². The molecule has 2 heteroatoms. The van der Waals surface area contributed by atoms with Crippen molar-refractivity contribution in [3.63, 3.8) is 0 Å². The Morgan fingerprint density at radius 3 is 2.47 bits per heavy atom. The molecule has 0 radical (unpaired) electrons. The predicted octanol–water partition coefficient (Wildman–Crippen LogP) is 4.34. The molecule has 1 heterocycles. The van der Waals surface area contributed by atoms with Gasteiger partial charge < -0.3 is 5.32 Å². The first-order valence-electron chi connectivity index (χ1n) is 6.64. The van der Waals surface area contributed by atoms with Gasteiger partial charge in [0.25, 0.3) is 0 Å². The van der Waals surface area contributed by atoms with Crippen LogP contribution in [0.5, 0.6) is 0 Å². The van der Waals surface area contributed by atoms with Gasteiger partial charge >= 0.3 is 0 Å². The molecule has 0 amide bonds. The molecule has 0 aliphatic heterocycles. The maximum atomic E-state index is 3.64. The van der Waals surface area contributed by atoms with Gasteiger partial charge in [-0.25, -0.2) is 0 Å². The zero-order valence-corrected chi connectivity index (χ0v) is 12.7. The smallest absolute Gasteiger partial charge is 0.00966 e. The van der Waals surface area contributed by atoms with Crippen molar-refractivity contribution in [3.05, 3.63) is 22.4 Å². The Balaban J connectivity index is 2.38. The minimum absolute atomic E-state index is 0.232. The van der Waals surface area contributed by atoms with Crippen molar-refractivity contribution < 1.29 is 0 Å². The third-order valence-electron chi connectivity index (χ3n) is 3.22. The zero-order chi connectivity index (χ0) is 12.9. The van der Waals surface area contributed by atoms with Crippen molar-refractivity contribution in [2.45, 2.75) is 53.0 Å². The summed E-state index contributed by atoms with van der Waals surface area (Å²) in [7, 11) is 0. The summed E-state index contributed by atoms with van der Waals surface area (Å²) in [5.74, 6) is 1.53. The molecular weight excluding hydrogens is 226 g/mol. The number of hydrogen-bond acceptors (Lipinski definition) is 2. The average molecular weight is 253 g/mol. The Labute approximate surface area is 111 Å². The second-order valence-electron chi connectivity index (χ2n) is 6.31. The normalized spacial score (nSPS) is 14.2. The molecule has 0 fully saturated rings. The molecule has 1 aromatic heterocycles. The minimum Gasteiger partial charge on any atom is -0.312 e. The maximum absolute atomic E-state index is 3.64. The maximum Gasteiger partial charge on any atom is 0.00966 e. The number of thiophene rings is 1. The Morgan fingerprint density at radius 1 is 1.29 bits per heavy atom. The van der Waals surface area contributed by atoms with E-state index < -0.39 is 0 Å². The van der Waals surface area contributed by atoms with E-state index in [1.165, 1.54) is 18.4 Å². The van der Waals surface area contributed by atoms with Crippen LogP contribution in [0.15, 0.2) is 16.8 Å². The van der Waals surface area contributed by atoms with Gasteiger partial charge in [-0.05, 0) is 74.4 Å². The van der Waals surface area contributed by atoms with Crippen molar-refractivity contribution in [2.75, 3.05) is 6.54 Å². The second kappa shape index (κ2) is 6.55. The summed E-state index contributed by atoms with van der Waals surface area (Å²) in [5.41, 5.74) is 1.73. The zero-order valence-electron chi connectivity index (χ0n) is 11.9. The van der Waals surface area contributed by atoms with Crippen LogP contribution >= 0.6 is 11.3 Å². The lowest BCUT2D eigenvalue weighted by Crippen LogP contribution is -2.40. The van der Waals surface area contributed by atoms with Gasteiger partial charge in [0.1, 0.15) is 0 Å². The van der Waals surface area contributed by atoms with Gasteiger partial charge in [-0.3, -0.25) is 0 Å². The molecule has 0 aliphatic rings. The summed E-state index contributed by atoms with van der Waals surface area (Å²) in [4.78, 5) is 0. The first-order valence-corrected chi connectivity index (χ1v) is 7.59. The Kier molecular flexibility index (Phi) is 5.68. The van der Waals surface area contributed by atoms with Crippen LogP contribution in [0.25, 0.3) is 0 Å². The highest BCUT2D eigenvalue weighted by Crippen LogP contribution is 2.19. The van der Waals surface area contributed by atoms with Crippen LogP contribution in [0.3, 0.4) is 0 Å². The summed E-state index contributed by atoms with van der Waals surface area (Å²) in [6.45, 7) is 12.5. The van der Waals surface area contributed by atoms with Gasteiger partial charge in [-0.1, -0.05) is 13.8 Å². The number of aryl methyl sites for hydroxylation is 1. The molecule has 1 nitrogen and oxygen atoms in total. The molecule has 0 saturated heterocycles. The van der Waals surface area contributed by atoms with E-state index in [-0.39, 0.29) is 5.54 Å². The monoisotopic (exact) mass is 253 g/mol. The Morgan fingerprint density at radius 2 is 2.00 bits per heavy atom. The fourth-order valence-electron chi connectivity index (χ4n) is 1.90. The van der Waals surface area contributed by atoms with Crippen LogP contribution in [0.1, 0.15) is 46.6 Å². The van der Waals surface area contributed by atoms with Crippen molar-refractivity contribution in [1.82, 2.24) is 5.32 Å². The molecule has 1 unspecified atom stereocenters. The molecule has 0 saturated carbocycles. The summed E-state index contributed by atoms with van der Waals surface area (Å²) >= 11 is 1.80. The van der Waals surface area contributed by atoms with Crippen LogP contribution < -0.4 is 5.32 Å². The topological polar surface area (TPSA) is 12.0 Å². The SMILES string of the molecule is CC(C)C(CCc1ccsc1)CNC(C)(C)C. The lowest BCUT2D eigenvalue weighted by Gasteiger charge is -2.27. The third-order valence-corrected chi connectivity index (χ3v) is 3.95. The molecule has 1 rings (SSSR count). The van der Waals surface area contributed by atoms with Gasteiger partial charge in [-0.15, -0.1) is 0 Å². The molecule has 0 aliphatic carbocycles. The fourth-order valence-corrected chi connectivity index (χ4v) is 2.60. The highest BCUT2D eigenvalue weighted by Gasteiger charge is 2.17. The van der Waals surface area contributed by atoms with Crippen molar-refractivity contribution in [1.29, 1.82) is 0 Å². The van der Waals surface area contributed by atoms with E-state index in [4.69, 9.17) is 0 Å². The molecule has 0 aromatic carbocycles. The van der Waals surface area contributed by atoms with E-state index in [0.717, 1.165) is 18.4 Å². The quantitative estimate of drug-likeness (QED) is 0.795. The standard InChI is InChI=1S/C15H27NS/c1-12(2)14(10-16-15(3,4)5)7-6-13-8-9-17-11-13/h8-9,11-12,14,16H,6-7,10H2,1-5H3.